The number of rotatable bonds is 4. The van der Waals surface area contributed by atoms with Gasteiger partial charge in [0.25, 0.3) is 0 Å². The average Bonchev–Trinajstić information content (AvgIpc) is 2.86. The third-order valence-corrected chi connectivity index (χ3v) is 4.44. The molecular formula is C21H25NO7. The van der Waals surface area contributed by atoms with E-state index in [0.29, 0.717) is 0 Å². The zero-order valence-electron chi connectivity index (χ0n) is 16.6. The molecule has 8 heteroatoms. The van der Waals surface area contributed by atoms with Crippen LogP contribution in [0.15, 0.2) is 42.5 Å². The highest BCUT2D eigenvalue weighted by atomic mass is 16.5. The molecule has 156 valence electrons. The Labute approximate surface area is 169 Å². The number of methoxy groups -OCH3 is 2. The van der Waals surface area contributed by atoms with Gasteiger partial charge in [-0.3, -0.25) is 0 Å². The lowest BCUT2D eigenvalue weighted by atomic mass is 10.00. The maximum Gasteiger partial charge on any atom is 0.414 e. The van der Waals surface area contributed by atoms with E-state index in [-0.39, 0.29) is 6.10 Å². The van der Waals surface area contributed by atoms with Gasteiger partial charge in [-0.25, -0.2) is 9.59 Å². The minimum atomic E-state index is -1.82. The van der Waals surface area contributed by atoms with Gasteiger partial charge in [-0.15, -0.1) is 0 Å². The Hall–Kier alpha value is -3.26. The maximum absolute atomic E-state index is 9.10. The summed E-state index contributed by atoms with van der Waals surface area (Å²) in [4.78, 5) is 20.5. The van der Waals surface area contributed by atoms with Crippen LogP contribution in [-0.2, 0) is 16.0 Å². The molecule has 0 fully saturated rings. The van der Waals surface area contributed by atoms with Gasteiger partial charge >= 0.3 is 11.9 Å². The average molecular weight is 403 g/mol. The monoisotopic (exact) mass is 403 g/mol. The summed E-state index contributed by atoms with van der Waals surface area (Å²) in [5.41, 5.74) is 2.43. The van der Waals surface area contributed by atoms with Crippen LogP contribution in [0.1, 0.15) is 17.2 Å². The van der Waals surface area contributed by atoms with E-state index in [1.807, 2.05) is 30.3 Å². The molecule has 2 aromatic rings. The molecule has 1 heterocycles. The first-order valence-corrected chi connectivity index (χ1v) is 8.97. The van der Waals surface area contributed by atoms with Crippen molar-refractivity contribution >= 4 is 11.9 Å². The van der Waals surface area contributed by atoms with Crippen molar-refractivity contribution in [2.75, 3.05) is 34.4 Å². The first-order chi connectivity index (χ1) is 13.8. The number of carboxylic acid groups (broad SMARTS) is 2. The number of fused-ring (bicyclic) bond motifs is 1. The van der Waals surface area contributed by atoms with Crippen molar-refractivity contribution in [1.82, 2.24) is 4.90 Å². The summed E-state index contributed by atoms with van der Waals surface area (Å²) in [6.07, 6.45) is 0.945. The number of carbonyl (C=O) groups is 2. The summed E-state index contributed by atoms with van der Waals surface area (Å²) >= 11 is 0. The van der Waals surface area contributed by atoms with Gasteiger partial charge in [0.15, 0.2) is 11.5 Å². The second-order valence-corrected chi connectivity index (χ2v) is 6.45. The van der Waals surface area contributed by atoms with Crippen LogP contribution in [0.5, 0.6) is 17.2 Å². The third kappa shape index (κ3) is 6.11. The van der Waals surface area contributed by atoms with Gasteiger partial charge in [-0.05, 0) is 43.3 Å². The molecule has 0 radical (unpaired) electrons. The van der Waals surface area contributed by atoms with Crippen molar-refractivity contribution in [3.63, 3.8) is 0 Å². The Morgan fingerprint density at radius 3 is 2.14 bits per heavy atom. The van der Waals surface area contributed by atoms with Crippen molar-refractivity contribution in [3.05, 3.63) is 53.6 Å². The Balaban J connectivity index is 0.000000438. The summed E-state index contributed by atoms with van der Waals surface area (Å²) in [5, 5.41) is 14.8. The van der Waals surface area contributed by atoms with Gasteiger partial charge in [0.05, 0.1) is 14.2 Å². The molecule has 1 aliphatic rings. The zero-order valence-corrected chi connectivity index (χ0v) is 16.6. The van der Waals surface area contributed by atoms with E-state index in [0.717, 1.165) is 36.8 Å². The Morgan fingerprint density at radius 2 is 1.59 bits per heavy atom. The van der Waals surface area contributed by atoms with Crippen LogP contribution in [0.2, 0.25) is 0 Å². The minimum absolute atomic E-state index is 0.0280. The fourth-order valence-corrected chi connectivity index (χ4v) is 3.00. The molecule has 0 amide bonds. The summed E-state index contributed by atoms with van der Waals surface area (Å²) in [5.74, 6) is -1.25. The fourth-order valence-electron chi connectivity index (χ4n) is 3.00. The highest BCUT2D eigenvalue weighted by Gasteiger charge is 2.25. The molecule has 2 N–H and O–H groups in total. The van der Waals surface area contributed by atoms with Gasteiger partial charge in [0.1, 0.15) is 11.9 Å². The Kier molecular flexibility index (Phi) is 7.85. The fraction of sp³-hybridized carbons (Fsp3) is 0.333. The van der Waals surface area contributed by atoms with Gasteiger partial charge in [-0.2, -0.15) is 0 Å². The second-order valence-electron chi connectivity index (χ2n) is 6.45. The molecule has 0 saturated carbocycles. The molecule has 8 nitrogen and oxygen atoms in total. The quantitative estimate of drug-likeness (QED) is 0.750. The number of ether oxygens (including phenoxy) is 3. The van der Waals surface area contributed by atoms with Crippen molar-refractivity contribution in [2.24, 2.45) is 0 Å². The first-order valence-electron chi connectivity index (χ1n) is 8.97. The highest BCUT2D eigenvalue weighted by molar-refractivity contribution is 6.27. The lowest BCUT2D eigenvalue weighted by Crippen LogP contribution is -2.26. The number of likely N-dealkylation sites (N-methyl/N-ethyl adjacent to an activating group) is 1. The smallest absolute Gasteiger partial charge is 0.414 e. The SMILES string of the molecule is COc1cc2c(cc1OC)C(Oc1ccccc1)CN(C)CC2.O=C(O)C(=O)O. The second kappa shape index (κ2) is 10.3. The summed E-state index contributed by atoms with van der Waals surface area (Å²) in [7, 11) is 5.47. The van der Waals surface area contributed by atoms with Gasteiger partial charge < -0.3 is 29.3 Å². The molecule has 0 aliphatic carbocycles. The van der Waals surface area contributed by atoms with Crippen molar-refractivity contribution in [2.45, 2.75) is 12.5 Å². The molecule has 0 bridgehead atoms. The third-order valence-electron chi connectivity index (χ3n) is 4.44. The minimum Gasteiger partial charge on any atom is -0.493 e. The number of benzene rings is 2. The predicted octanol–water partition coefficient (Wildman–Crippen LogP) is 2.47. The van der Waals surface area contributed by atoms with Gasteiger partial charge in [-0.1, -0.05) is 18.2 Å². The summed E-state index contributed by atoms with van der Waals surface area (Å²) in [6.45, 7) is 1.84. The number of carboxylic acids is 2. The van der Waals surface area contributed by atoms with Crippen LogP contribution in [-0.4, -0.2) is 61.4 Å². The molecule has 0 aromatic heterocycles. The topological polar surface area (TPSA) is 106 Å². The van der Waals surface area contributed by atoms with E-state index < -0.39 is 11.9 Å². The highest BCUT2D eigenvalue weighted by Crippen LogP contribution is 2.36. The van der Waals surface area contributed by atoms with Crippen LogP contribution in [0.25, 0.3) is 0 Å². The number of hydrogen-bond donors (Lipinski definition) is 2. The van der Waals surface area contributed by atoms with Crippen LogP contribution < -0.4 is 14.2 Å². The van der Waals surface area contributed by atoms with Crippen LogP contribution in [0, 0.1) is 0 Å². The number of para-hydroxylation sites is 1. The number of aliphatic carboxylic acids is 2. The molecule has 3 rings (SSSR count). The molecule has 29 heavy (non-hydrogen) atoms. The molecular weight excluding hydrogens is 378 g/mol. The molecule has 1 unspecified atom stereocenters. The van der Waals surface area contributed by atoms with Crippen molar-refractivity contribution in [1.29, 1.82) is 0 Å². The van der Waals surface area contributed by atoms with E-state index in [1.165, 1.54) is 11.1 Å². The molecule has 1 atom stereocenters. The molecule has 0 spiro atoms. The van der Waals surface area contributed by atoms with Gasteiger partial charge in [0.2, 0.25) is 0 Å². The standard InChI is InChI=1S/C19H23NO3.C2H2O4/c1-20-10-9-14-11-17(21-2)18(22-3)12-16(14)19(13-20)23-15-7-5-4-6-8-15;3-1(4)2(5)6/h4-8,11-12,19H,9-10,13H2,1-3H3;(H,3,4)(H,5,6). The van der Waals surface area contributed by atoms with Crippen molar-refractivity contribution < 1.29 is 34.0 Å². The van der Waals surface area contributed by atoms with Crippen LogP contribution >= 0.6 is 0 Å². The summed E-state index contributed by atoms with van der Waals surface area (Å²) in [6, 6.07) is 14.1. The summed E-state index contributed by atoms with van der Waals surface area (Å²) < 4.78 is 17.2. The maximum atomic E-state index is 9.10. The normalized spacial score (nSPS) is 15.8. The molecule has 1 aliphatic heterocycles. The molecule has 2 aromatic carbocycles. The van der Waals surface area contributed by atoms with E-state index in [2.05, 4.69) is 24.1 Å². The van der Waals surface area contributed by atoms with E-state index in [4.69, 9.17) is 34.0 Å². The molecule has 0 saturated heterocycles. The van der Waals surface area contributed by atoms with E-state index in [1.54, 1.807) is 14.2 Å². The lowest BCUT2D eigenvalue weighted by Gasteiger charge is -2.23. The Morgan fingerprint density at radius 1 is 1.00 bits per heavy atom. The zero-order chi connectivity index (χ0) is 21.4. The largest absolute Gasteiger partial charge is 0.493 e. The first kappa shape index (κ1) is 22.0. The van der Waals surface area contributed by atoms with Crippen LogP contribution in [0.3, 0.4) is 0 Å². The van der Waals surface area contributed by atoms with E-state index >= 15 is 0 Å². The Bertz CT molecular complexity index is 826. The van der Waals surface area contributed by atoms with Crippen molar-refractivity contribution in [3.8, 4) is 17.2 Å². The number of nitrogens with zero attached hydrogens (tertiary/aromatic N) is 1. The van der Waals surface area contributed by atoms with Crippen LogP contribution in [0.4, 0.5) is 0 Å². The van der Waals surface area contributed by atoms with Gasteiger partial charge in [0, 0.05) is 18.7 Å². The predicted molar refractivity (Wildman–Crippen MR) is 106 cm³/mol. The number of hydrogen-bond acceptors (Lipinski definition) is 6. The lowest BCUT2D eigenvalue weighted by molar-refractivity contribution is -0.159. The van der Waals surface area contributed by atoms with E-state index in [9.17, 15) is 0 Å².